The van der Waals surface area contributed by atoms with Gasteiger partial charge in [0.25, 0.3) is 0 Å². The average Bonchev–Trinajstić information content (AvgIpc) is 3.27. The van der Waals surface area contributed by atoms with Gasteiger partial charge in [0.2, 0.25) is 23.6 Å². The molecule has 0 radical (unpaired) electrons. The summed E-state index contributed by atoms with van der Waals surface area (Å²) in [5, 5.41) is 19.1. The van der Waals surface area contributed by atoms with E-state index in [4.69, 9.17) is 20.5 Å². The van der Waals surface area contributed by atoms with Crippen LogP contribution in [0.15, 0.2) is 20.5 Å². The number of nitrogens with zero attached hydrogens (tertiary/aromatic N) is 6. The molecule has 0 N–H and O–H groups in total. The zero-order chi connectivity index (χ0) is 39.1. The first-order valence-electron chi connectivity index (χ1n) is 25.0. The Balaban J connectivity index is 0.762. The first kappa shape index (κ1) is 38.4. The Morgan fingerprint density at radius 2 is 0.569 bits per heavy atom. The van der Waals surface area contributed by atoms with Crippen LogP contribution in [-0.4, -0.2) is 69.7 Å². The molecule has 11 rings (SSSR count). The summed E-state index contributed by atoms with van der Waals surface area (Å²) in [5.74, 6) is 3.88. The minimum atomic E-state index is -0.0186. The highest BCUT2D eigenvalue weighted by atomic mass is 16.2. The van der Waals surface area contributed by atoms with E-state index in [9.17, 15) is 19.2 Å². The molecule has 2 saturated heterocycles. The van der Waals surface area contributed by atoms with Gasteiger partial charge in [-0.2, -0.15) is 20.5 Å². The van der Waals surface area contributed by atoms with Crippen LogP contribution in [-0.2, 0) is 19.2 Å². The smallest absolute Gasteiger partial charge is 0.232 e. The zero-order valence-corrected chi connectivity index (χ0v) is 35.1. The molecule has 8 unspecified atom stereocenters. The third-order valence-electron chi connectivity index (χ3n) is 19.3. The lowest BCUT2D eigenvalue weighted by molar-refractivity contribution is -0.212. The summed E-state index contributed by atoms with van der Waals surface area (Å²) in [6, 6.07) is 1.30. The number of fused-ring (bicyclic) bond motifs is 2. The number of carbonyl (C=O) groups excluding carboxylic acids is 4. The van der Waals surface area contributed by atoms with E-state index in [2.05, 4.69) is 0 Å². The first-order valence-corrected chi connectivity index (χ1v) is 25.0. The highest BCUT2D eigenvalue weighted by Crippen LogP contribution is 2.69. The molecule has 0 aromatic rings. The maximum atomic E-state index is 14.6. The molecule has 10 heteroatoms. The van der Waals surface area contributed by atoms with Gasteiger partial charge in [0.15, 0.2) is 0 Å². The van der Waals surface area contributed by atoms with Crippen molar-refractivity contribution in [1.29, 1.82) is 0 Å². The van der Waals surface area contributed by atoms with Crippen LogP contribution in [0.1, 0.15) is 167 Å². The second-order valence-corrected chi connectivity index (χ2v) is 21.8. The van der Waals surface area contributed by atoms with Crippen LogP contribution in [0.25, 0.3) is 0 Å². The van der Waals surface area contributed by atoms with Crippen molar-refractivity contribution < 1.29 is 19.2 Å². The summed E-state index contributed by atoms with van der Waals surface area (Å²) in [7, 11) is 0. The molecule has 11 aliphatic rings. The van der Waals surface area contributed by atoms with Gasteiger partial charge in [-0.3, -0.25) is 29.0 Å². The van der Waals surface area contributed by atoms with Gasteiger partial charge in [0.1, 0.15) is 0 Å². The normalized spacial score (nSPS) is 47.4. The van der Waals surface area contributed by atoms with Crippen molar-refractivity contribution in [2.24, 2.45) is 91.5 Å². The summed E-state index contributed by atoms with van der Waals surface area (Å²) in [6.45, 7) is 0. The van der Waals surface area contributed by atoms with Crippen molar-refractivity contribution in [1.82, 2.24) is 9.80 Å². The van der Waals surface area contributed by atoms with Crippen molar-refractivity contribution in [3.8, 4) is 0 Å². The fourth-order valence-electron chi connectivity index (χ4n) is 16.9. The largest absolute Gasteiger partial charge is 0.279 e. The summed E-state index contributed by atoms with van der Waals surface area (Å²) in [5.41, 5.74) is 0. The van der Waals surface area contributed by atoms with Crippen molar-refractivity contribution in [3.05, 3.63) is 0 Å². The molecule has 4 amide bonds. The van der Waals surface area contributed by atoms with Crippen LogP contribution in [0.2, 0.25) is 0 Å². The minimum absolute atomic E-state index is 0.0186. The lowest BCUT2D eigenvalue weighted by atomic mass is 9.38. The lowest BCUT2D eigenvalue weighted by Gasteiger charge is -2.68. The number of hydrogen-bond acceptors (Lipinski definition) is 8. The van der Waals surface area contributed by atoms with E-state index < -0.39 is 0 Å². The molecule has 0 bridgehead atoms. The molecule has 11 fully saturated rings. The third-order valence-corrected chi connectivity index (χ3v) is 19.3. The SMILES string of the molecule is O=C1C2CCC3C4CCC5C(=O)N(C6CCC(N=NC7CCCCC7)CC6)C(=O)C6CCC(C7CCC(C(=O)N1C1CCC(N=NC8CCCCC8)CC1)C2C37)C4C56. The molecule has 0 aromatic carbocycles. The molecular weight excluding hydrogens is 725 g/mol. The van der Waals surface area contributed by atoms with Crippen LogP contribution < -0.4 is 0 Å². The predicted molar refractivity (Wildman–Crippen MR) is 218 cm³/mol. The minimum Gasteiger partial charge on any atom is -0.279 e. The molecule has 2 aliphatic heterocycles. The van der Waals surface area contributed by atoms with Crippen LogP contribution in [0.3, 0.4) is 0 Å². The average molecular weight is 795 g/mol. The number of azo groups is 2. The fraction of sp³-hybridized carbons (Fsp3) is 0.917. The number of carbonyl (C=O) groups is 4. The summed E-state index contributed by atoms with van der Waals surface area (Å²) in [6.07, 6.45) is 27.4. The molecular formula is C48H70N6O4. The Labute approximate surface area is 346 Å². The Hall–Kier alpha value is -2.52. The molecule has 8 atom stereocenters. The maximum absolute atomic E-state index is 14.6. The topological polar surface area (TPSA) is 124 Å². The predicted octanol–water partition coefficient (Wildman–Crippen LogP) is 9.50. The fourth-order valence-corrected chi connectivity index (χ4v) is 16.9. The number of rotatable bonds is 6. The van der Waals surface area contributed by atoms with E-state index in [-0.39, 0.29) is 83.3 Å². The highest BCUT2D eigenvalue weighted by molar-refractivity contribution is 6.02. The van der Waals surface area contributed by atoms with Gasteiger partial charge in [-0.1, -0.05) is 38.5 Å². The standard InChI is InChI=1S/C48H70N6O4/c55-45-37-23-19-33-35-21-25-39-44-40(48(58)54(47(39)57)32-17-13-30(14-18-32)52-50-28-9-5-2-6-10-28)26-22-36(42(35)44)34-20-24-38(43(37)41(33)34)46(56)53(45)31-15-11-29(12-16-31)51-49-27-7-3-1-4-8-27/h27-44H,1-26H2. The molecule has 10 nitrogen and oxygen atoms in total. The summed E-state index contributed by atoms with van der Waals surface area (Å²) < 4.78 is 0. The molecule has 9 aliphatic carbocycles. The van der Waals surface area contributed by atoms with E-state index in [1.165, 1.54) is 64.2 Å². The van der Waals surface area contributed by atoms with E-state index in [1.807, 2.05) is 9.80 Å². The van der Waals surface area contributed by atoms with Crippen LogP contribution in [0.4, 0.5) is 0 Å². The Kier molecular flexibility index (Phi) is 10.4. The first-order chi connectivity index (χ1) is 28.4. The molecule has 9 saturated carbocycles. The molecule has 316 valence electrons. The highest BCUT2D eigenvalue weighted by Gasteiger charge is 2.68. The van der Waals surface area contributed by atoms with Crippen LogP contribution in [0.5, 0.6) is 0 Å². The quantitative estimate of drug-likeness (QED) is 0.196. The zero-order valence-electron chi connectivity index (χ0n) is 35.1. The van der Waals surface area contributed by atoms with Gasteiger partial charge in [0, 0.05) is 35.8 Å². The molecule has 0 aromatic heterocycles. The van der Waals surface area contributed by atoms with Crippen molar-refractivity contribution in [2.45, 2.75) is 203 Å². The lowest BCUT2D eigenvalue weighted by Crippen LogP contribution is -2.69. The Bertz CT molecular complexity index is 1470. The van der Waals surface area contributed by atoms with Crippen LogP contribution >= 0.6 is 0 Å². The van der Waals surface area contributed by atoms with Gasteiger partial charge in [-0.05, 0) is 176 Å². The number of imide groups is 2. The number of hydrogen-bond donors (Lipinski definition) is 0. The van der Waals surface area contributed by atoms with E-state index in [0.29, 0.717) is 47.6 Å². The second kappa shape index (κ2) is 15.7. The summed E-state index contributed by atoms with van der Waals surface area (Å²) in [4.78, 5) is 62.0. The number of likely N-dealkylation sites (tertiary alicyclic amines) is 2. The van der Waals surface area contributed by atoms with Gasteiger partial charge < -0.3 is 0 Å². The van der Waals surface area contributed by atoms with E-state index >= 15 is 0 Å². The van der Waals surface area contributed by atoms with Gasteiger partial charge in [-0.15, -0.1) is 0 Å². The van der Waals surface area contributed by atoms with Gasteiger partial charge >= 0.3 is 0 Å². The maximum Gasteiger partial charge on any atom is 0.232 e. The number of amides is 4. The van der Waals surface area contributed by atoms with Crippen LogP contribution in [0, 0.1) is 71.0 Å². The molecule has 0 spiro atoms. The van der Waals surface area contributed by atoms with Crippen molar-refractivity contribution in [3.63, 3.8) is 0 Å². The Morgan fingerprint density at radius 1 is 0.293 bits per heavy atom. The monoisotopic (exact) mass is 795 g/mol. The molecule has 58 heavy (non-hydrogen) atoms. The van der Waals surface area contributed by atoms with E-state index in [1.54, 1.807) is 0 Å². The third kappa shape index (κ3) is 6.42. The molecule has 2 heterocycles. The van der Waals surface area contributed by atoms with Gasteiger partial charge in [0.05, 0.1) is 24.2 Å². The number of piperidine rings is 2. The van der Waals surface area contributed by atoms with E-state index in [0.717, 1.165) is 103 Å². The van der Waals surface area contributed by atoms with Gasteiger partial charge in [-0.25, -0.2) is 0 Å². The van der Waals surface area contributed by atoms with Crippen molar-refractivity contribution >= 4 is 23.6 Å². The second-order valence-electron chi connectivity index (χ2n) is 21.8. The summed E-state index contributed by atoms with van der Waals surface area (Å²) >= 11 is 0. The Morgan fingerprint density at radius 3 is 0.862 bits per heavy atom. The van der Waals surface area contributed by atoms with Crippen molar-refractivity contribution in [2.75, 3.05) is 0 Å².